The summed E-state index contributed by atoms with van der Waals surface area (Å²) >= 11 is 0. The highest BCUT2D eigenvalue weighted by molar-refractivity contribution is 6.01. The molecule has 1 aliphatic heterocycles. The predicted molar refractivity (Wildman–Crippen MR) is 133 cm³/mol. The highest BCUT2D eigenvalue weighted by atomic mass is 16.5. The van der Waals surface area contributed by atoms with Crippen molar-refractivity contribution in [1.29, 1.82) is 5.26 Å². The summed E-state index contributed by atoms with van der Waals surface area (Å²) in [4.78, 5) is 15.4. The molecule has 1 fully saturated rings. The van der Waals surface area contributed by atoms with Crippen molar-refractivity contribution in [2.45, 2.75) is 39.8 Å². The van der Waals surface area contributed by atoms with Gasteiger partial charge >= 0.3 is 0 Å². The van der Waals surface area contributed by atoms with Crippen LogP contribution >= 0.6 is 0 Å². The number of aromatic nitrogens is 1. The van der Waals surface area contributed by atoms with Crippen LogP contribution in [0.3, 0.4) is 0 Å². The third-order valence-corrected chi connectivity index (χ3v) is 6.41. The minimum Gasteiger partial charge on any atom is -0.383 e. The van der Waals surface area contributed by atoms with E-state index in [2.05, 4.69) is 52.9 Å². The number of rotatable bonds is 9. The normalized spacial score (nSPS) is 16.6. The molecule has 1 aromatic heterocycles. The summed E-state index contributed by atoms with van der Waals surface area (Å²) in [6.07, 6.45) is 1.68. The molecule has 0 aliphatic carbocycles. The van der Waals surface area contributed by atoms with Crippen LogP contribution in [0, 0.1) is 32.1 Å². The number of carbonyl (C=O) groups excluding carboxylic acids is 1. The third kappa shape index (κ3) is 6.15. The smallest absolute Gasteiger partial charge is 0.262 e. The van der Waals surface area contributed by atoms with Gasteiger partial charge in [-0.25, -0.2) is 0 Å². The number of amides is 1. The van der Waals surface area contributed by atoms with Crippen molar-refractivity contribution in [1.82, 2.24) is 14.8 Å². The highest BCUT2D eigenvalue weighted by Gasteiger charge is 2.24. The van der Waals surface area contributed by atoms with Gasteiger partial charge in [-0.3, -0.25) is 9.69 Å². The minimum atomic E-state index is -0.358. The number of benzene rings is 1. The fourth-order valence-corrected chi connectivity index (χ4v) is 4.76. The van der Waals surface area contributed by atoms with Gasteiger partial charge in [0.15, 0.2) is 0 Å². The Bertz CT molecular complexity index is 1060. The maximum absolute atomic E-state index is 13.0. The molecule has 1 N–H and O–H groups in total. The molecule has 1 aliphatic rings. The Balaban J connectivity index is 1.79. The number of methoxy groups -OCH3 is 1. The van der Waals surface area contributed by atoms with Gasteiger partial charge in [0.2, 0.25) is 0 Å². The monoisotopic (exact) mass is 464 g/mol. The van der Waals surface area contributed by atoms with Crippen LogP contribution in [-0.2, 0) is 14.3 Å². The molecular weight excluding hydrogens is 428 g/mol. The molecule has 2 unspecified atom stereocenters. The first-order chi connectivity index (χ1) is 16.3. The van der Waals surface area contributed by atoms with Crippen molar-refractivity contribution >= 4 is 12.0 Å². The lowest BCUT2D eigenvalue weighted by molar-refractivity contribution is -0.117. The molecule has 3 rings (SSSR count). The van der Waals surface area contributed by atoms with E-state index >= 15 is 0 Å². The number of aryl methyl sites for hydroxylation is 2. The van der Waals surface area contributed by atoms with E-state index in [4.69, 9.17) is 9.47 Å². The summed E-state index contributed by atoms with van der Waals surface area (Å²) in [5.74, 6) is -0.358. The first kappa shape index (κ1) is 25.7. The van der Waals surface area contributed by atoms with Gasteiger partial charge in [-0.1, -0.05) is 29.8 Å². The van der Waals surface area contributed by atoms with Gasteiger partial charge in [-0.15, -0.1) is 0 Å². The Morgan fingerprint density at radius 2 is 2.00 bits per heavy atom. The lowest BCUT2D eigenvalue weighted by Crippen LogP contribution is -2.44. The topological polar surface area (TPSA) is 79.5 Å². The van der Waals surface area contributed by atoms with Crippen LogP contribution in [-0.4, -0.2) is 61.9 Å². The van der Waals surface area contributed by atoms with E-state index in [0.717, 1.165) is 35.6 Å². The van der Waals surface area contributed by atoms with Crippen LogP contribution in [0.25, 0.3) is 6.08 Å². The Kier molecular flexibility index (Phi) is 9.05. The Morgan fingerprint density at radius 3 is 2.65 bits per heavy atom. The number of nitrogens with one attached hydrogen (secondary N) is 1. The standard InChI is InChI=1S/C27H36N4O3/c1-19-7-6-8-23(13-19)26(30-9-11-34-12-10-30)17-29-27(32)25(16-28)15-24-14-20(2)31(22(24)4)21(3)18-33-5/h6-8,13-15,21,26H,9-12,17-18H2,1-5H3,(H,29,32). The SMILES string of the molecule is COCC(C)n1c(C)cc(C=C(C#N)C(=O)NCC(c2cccc(C)c2)N2CCOCC2)c1C. The van der Waals surface area contributed by atoms with Crippen molar-refractivity contribution in [3.8, 4) is 6.07 Å². The number of ether oxygens (including phenoxy) is 2. The summed E-state index contributed by atoms with van der Waals surface area (Å²) in [6.45, 7) is 12.2. The molecule has 34 heavy (non-hydrogen) atoms. The number of hydrogen-bond donors (Lipinski definition) is 1. The van der Waals surface area contributed by atoms with Crippen LogP contribution in [0.1, 0.15) is 47.1 Å². The molecule has 7 nitrogen and oxygen atoms in total. The molecule has 2 aromatic rings. The molecular formula is C27H36N4O3. The number of morpholine rings is 1. The average Bonchev–Trinajstić information content (AvgIpc) is 3.11. The molecule has 0 radical (unpaired) electrons. The molecule has 1 saturated heterocycles. The molecule has 1 aromatic carbocycles. The van der Waals surface area contributed by atoms with E-state index in [-0.39, 0.29) is 23.6 Å². The van der Waals surface area contributed by atoms with E-state index < -0.39 is 0 Å². The van der Waals surface area contributed by atoms with E-state index in [1.165, 1.54) is 5.56 Å². The number of hydrogen-bond acceptors (Lipinski definition) is 5. The van der Waals surface area contributed by atoms with E-state index in [0.29, 0.717) is 26.4 Å². The molecule has 2 heterocycles. The second-order valence-corrected chi connectivity index (χ2v) is 8.96. The van der Waals surface area contributed by atoms with Crippen LogP contribution in [0.15, 0.2) is 35.9 Å². The maximum atomic E-state index is 13.0. The van der Waals surface area contributed by atoms with Crippen molar-refractivity contribution < 1.29 is 14.3 Å². The van der Waals surface area contributed by atoms with Crippen molar-refractivity contribution in [2.24, 2.45) is 0 Å². The van der Waals surface area contributed by atoms with Crippen LogP contribution < -0.4 is 5.32 Å². The van der Waals surface area contributed by atoms with Gasteiger partial charge in [0.1, 0.15) is 11.6 Å². The van der Waals surface area contributed by atoms with Gasteiger partial charge in [-0.2, -0.15) is 5.26 Å². The van der Waals surface area contributed by atoms with Crippen LogP contribution in [0.5, 0.6) is 0 Å². The predicted octanol–water partition coefficient (Wildman–Crippen LogP) is 3.72. The van der Waals surface area contributed by atoms with Crippen LogP contribution in [0.2, 0.25) is 0 Å². The van der Waals surface area contributed by atoms with Gasteiger partial charge in [0, 0.05) is 38.1 Å². The zero-order chi connectivity index (χ0) is 24.7. The summed E-state index contributed by atoms with van der Waals surface area (Å²) in [6, 6.07) is 12.6. The lowest BCUT2D eigenvalue weighted by Gasteiger charge is -2.35. The summed E-state index contributed by atoms with van der Waals surface area (Å²) < 4.78 is 13.0. The van der Waals surface area contributed by atoms with Gasteiger partial charge in [-0.05, 0) is 51.0 Å². The van der Waals surface area contributed by atoms with Crippen molar-refractivity contribution in [2.75, 3.05) is 46.6 Å². The lowest BCUT2D eigenvalue weighted by atomic mass is 10.0. The van der Waals surface area contributed by atoms with E-state index in [1.54, 1.807) is 13.2 Å². The van der Waals surface area contributed by atoms with E-state index in [9.17, 15) is 10.1 Å². The molecule has 1 amide bonds. The number of nitrogens with zero attached hydrogens (tertiary/aromatic N) is 3. The number of nitriles is 1. The fourth-order valence-electron chi connectivity index (χ4n) is 4.76. The summed E-state index contributed by atoms with van der Waals surface area (Å²) in [7, 11) is 1.69. The molecule has 0 spiro atoms. The van der Waals surface area contributed by atoms with Crippen molar-refractivity contribution in [3.63, 3.8) is 0 Å². The van der Waals surface area contributed by atoms with Gasteiger partial charge in [0.05, 0.1) is 31.9 Å². The van der Waals surface area contributed by atoms with Crippen LogP contribution in [0.4, 0.5) is 0 Å². The Labute approximate surface area is 203 Å². The molecule has 0 saturated carbocycles. The third-order valence-electron chi connectivity index (χ3n) is 6.41. The van der Waals surface area contributed by atoms with Crippen molar-refractivity contribution in [3.05, 3.63) is 64.0 Å². The highest BCUT2D eigenvalue weighted by Crippen LogP contribution is 2.24. The second kappa shape index (κ2) is 12.0. The second-order valence-electron chi connectivity index (χ2n) is 8.96. The molecule has 182 valence electrons. The largest absolute Gasteiger partial charge is 0.383 e. The molecule has 0 bridgehead atoms. The first-order valence-corrected chi connectivity index (χ1v) is 11.8. The molecule has 2 atom stereocenters. The molecule has 7 heteroatoms. The Hall–Kier alpha value is -2.92. The summed E-state index contributed by atoms with van der Waals surface area (Å²) in [5.41, 5.74) is 5.38. The zero-order valence-corrected chi connectivity index (χ0v) is 20.9. The fraction of sp³-hybridized carbons (Fsp3) is 0.481. The maximum Gasteiger partial charge on any atom is 0.262 e. The summed E-state index contributed by atoms with van der Waals surface area (Å²) in [5, 5.41) is 12.8. The number of carbonyl (C=O) groups is 1. The minimum absolute atomic E-state index is 0.0210. The first-order valence-electron chi connectivity index (χ1n) is 11.8. The Morgan fingerprint density at radius 1 is 1.26 bits per heavy atom. The average molecular weight is 465 g/mol. The zero-order valence-electron chi connectivity index (χ0n) is 20.9. The van der Waals surface area contributed by atoms with Gasteiger partial charge in [0.25, 0.3) is 5.91 Å². The van der Waals surface area contributed by atoms with Gasteiger partial charge < -0.3 is 19.4 Å². The quantitative estimate of drug-likeness (QED) is 0.452. The van der Waals surface area contributed by atoms with E-state index in [1.807, 2.05) is 26.0 Å².